The van der Waals surface area contributed by atoms with E-state index in [4.69, 9.17) is 4.74 Å². The molecule has 4 aromatic rings. The van der Waals surface area contributed by atoms with Crippen molar-refractivity contribution in [1.29, 1.82) is 0 Å². The fourth-order valence-corrected chi connectivity index (χ4v) is 3.70. The van der Waals surface area contributed by atoms with Crippen LogP contribution in [-0.4, -0.2) is 22.8 Å². The van der Waals surface area contributed by atoms with Crippen molar-refractivity contribution >= 4 is 17.3 Å². The largest absolute Gasteiger partial charge is 0.497 e. The third kappa shape index (κ3) is 3.08. The van der Waals surface area contributed by atoms with Crippen molar-refractivity contribution in [3.05, 3.63) is 102 Å². The number of anilines is 2. The monoisotopic (exact) mass is 396 g/mol. The zero-order valence-electron chi connectivity index (χ0n) is 16.4. The van der Waals surface area contributed by atoms with Gasteiger partial charge in [0.05, 0.1) is 24.6 Å². The first-order chi connectivity index (χ1) is 14.7. The molecule has 6 nitrogen and oxygen atoms in total. The normalized spacial score (nSPS) is 15.4. The lowest BCUT2D eigenvalue weighted by Gasteiger charge is -2.37. The minimum atomic E-state index is -0.391. The number of hydrogen-bond acceptors (Lipinski definition) is 4. The molecule has 1 atom stereocenters. The summed E-state index contributed by atoms with van der Waals surface area (Å²) in [5.74, 6) is 0.678. The molecule has 1 aliphatic heterocycles. The third-order valence-electron chi connectivity index (χ3n) is 5.22. The number of hydrogen-bond donors (Lipinski definition) is 1. The molecule has 0 spiro atoms. The molecule has 0 radical (unpaired) electrons. The van der Waals surface area contributed by atoms with Gasteiger partial charge in [0, 0.05) is 23.1 Å². The maximum atomic E-state index is 13.5. The van der Waals surface area contributed by atoms with Crippen LogP contribution in [0.5, 0.6) is 5.75 Å². The second-order valence-electron chi connectivity index (χ2n) is 7.02. The van der Waals surface area contributed by atoms with E-state index >= 15 is 0 Å². The molecule has 1 N–H and O–H groups in total. The van der Waals surface area contributed by atoms with Gasteiger partial charge in [-0.1, -0.05) is 30.3 Å². The highest BCUT2D eigenvalue weighted by Crippen LogP contribution is 2.37. The number of nitrogens with one attached hydrogen (secondary N) is 1. The topological polar surface area (TPSA) is 59.4 Å². The molecule has 30 heavy (non-hydrogen) atoms. The standard InChI is InChI=1S/C24H20N4O2/c1-30-20-13-11-19(12-14-20)28-23(26-22-10-6-5-9-21(22)24(28)29)17-15-25-27(16-17)18-7-3-2-4-8-18/h2-16,23,26H,1H3/t23-/m0/s1. The summed E-state index contributed by atoms with van der Waals surface area (Å²) in [6.07, 6.45) is 3.35. The molecule has 0 saturated heterocycles. The average Bonchev–Trinajstić information content (AvgIpc) is 3.30. The predicted octanol–water partition coefficient (Wildman–Crippen LogP) is 4.65. The van der Waals surface area contributed by atoms with Crippen LogP contribution in [-0.2, 0) is 0 Å². The molecule has 3 aromatic carbocycles. The van der Waals surface area contributed by atoms with E-state index < -0.39 is 6.17 Å². The zero-order chi connectivity index (χ0) is 20.5. The number of methoxy groups -OCH3 is 1. The number of para-hydroxylation sites is 2. The van der Waals surface area contributed by atoms with Gasteiger partial charge in [-0.25, -0.2) is 4.68 Å². The highest BCUT2D eigenvalue weighted by Gasteiger charge is 2.34. The summed E-state index contributed by atoms with van der Waals surface area (Å²) in [6, 6.07) is 24.9. The third-order valence-corrected chi connectivity index (χ3v) is 5.22. The van der Waals surface area contributed by atoms with Crippen molar-refractivity contribution in [1.82, 2.24) is 9.78 Å². The van der Waals surface area contributed by atoms with E-state index in [1.165, 1.54) is 0 Å². The van der Waals surface area contributed by atoms with Crippen LogP contribution in [0.4, 0.5) is 11.4 Å². The van der Waals surface area contributed by atoms with Crippen molar-refractivity contribution in [2.24, 2.45) is 0 Å². The summed E-state index contributed by atoms with van der Waals surface area (Å²) >= 11 is 0. The fourth-order valence-electron chi connectivity index (χ4n) is 3.70. The number of nitrogens with zero attached hydrogens (tertiary/aromatic N) is 3. The first-order valence-corrected chi connectivity index (χ1v) is 9.68. The van der Waals surface area contributed by atoms with E-state index in [0.717, 1.165) is 28.4 Å². The van der Waals surface area contributed by atoms with Gasteiger partial charge in [-0.3, -0.25) is 9.69 Å². The summed E-state index contributed by atoms with van der Waals surface area (Å²) in [4.78, 5) is 15.2. The minimum absolute atomic E-state index is 0.0630. The Morgan fingerprint density at radius 1 is 0.900 bits per heavy atom. The molecule has 2 heterocycles. The highest BCUT2D eigenvalue weighted by molar-refractivity contribution is 6.12. The van der Waals surface area contributed by atoms with Gasteiger partial charge in [0.25, 0.3) is 5.91 Å². The Hall–Kier alpha value is -4.06. The SMILES string of the molecule is COc1ccc(N2C(=O)c3ccccc3N[C@@H]2c2cnn(-c3ccccc3)c2)cc1. The number of amides is 1. The number of ether oxygens (including phenoxy) is 1. The van der Waals surface area contributed by atoms with Gasteiger partial charge in [-0.05, 0) is 48.5 Å². The first-order valence-electron chi connectivity index (χ1n) is 9.68. The molecule has 1 aliphatic rings. The fraction of sp³-hybridized carbons (Fsp3) is 0.0833. The second kappa shape index (κ2) is 7.40. The predicted molar refractivity (Wildman–Crippen MR) is 116 cm³/mol. The van der Waals surface area contributed by atoms with Crippen LogP contribution in [0.1, 0.15) is 22.1 Å². The Balaban J connectivity index is 1.59. The quantitative estimate of drug-likeness (QED) is 0.545. The minimum Gasteiger partial charge on any atom is -0.497 e. The molecule has 148 valence electrons. The van der Waals surface area contributed by atoms with Crippen molar-refractivity contribution in [2.45, 2.75) is 6.17 Å². The van der Waals surface area contributed by atoms with E-state index in [2.05, 4.69) is 10.4 Å². The molecule has 0 aliphatic carbocycles. The van der Waals surface area contributed by atoms with Crippen molar-refractivity contribution in [3.63, 3.8) is 0 Å². The Bertz CT molecular complexity index is 1190. The van der Waals surface area contributed by atoms with Gasteiger partial charge in [-0.2, -0.15) is 5.10 Å². The molecular weight excluding hydrogens is 376 g/mol. The molecule has 1 aromatic heterocycles. The lowest BCUT2D eigenvalue weighted by Crippen LogP contribution is -2.43. The number of carbonyl (C=O) groups is 1. The summed E-state index contributed by atoms with van der Waals surface area (Å²) in [5.41, 5.74) is 4.07. The van der Waals surface area contributed by atoms with Crippen LogP contribution in [0.25, 0.3) is 5.69 Å². The lowest BCUT2D eigenvalue weighted by atomic mass is 10.0. The smallest absolute Gasteiger partial charge is 0.262 e. The van der Waals surface area contributed by atoms with E-state index in [1.54, 1.807) is 18.2 Å². The van der Waals surface area contributed by atoms with Crippen molar-refractivity contribution in [3.8, 4) is 11.4 Å². The number of fused-ring (bicyclic) bond motifs is 1. The van der Waals surface area contributed by atoms with Crippen molar-refractivity contribution in [2.75, 3.05) is 17.3 Å². The molecule has 0 fully saturated rings. The van der Waals surface area contributed by atoms with Gasteiger partial charge in [0.2, 0.25) is 0 Å². The summed E-state index contributed by atoms with van der Waals surface area (Å²) in [5, 5.41) is 8.02. The molecule has 0 bridgehead atoms. The van der Waals surface area contributed by atoms with Crippen LogP contribution in [0.15, 0.2) is 91.3 Å². The van der Waals surface area contributed by atoms with E-state index in [-0.39, 0.29) is 5.91 Å². The zero-order valence-corrected chi connectivity index (χ0v) is 16.4. The maximum Gasteiger partial charge on any atom is 0.262 e. The molecule has 5 rings (SSSR count). The van der Waals surface area contributed by atoms with Gasteiger partial charge >= 0.3 is 0 Å². The van der Waals surface area contributed by atoms with Crippen LogP contribution >= 0.6 is 0 Å². The first kappa shape index (κ1) is 18.0. The Labute approximate surface area is 174 Å². The second-order valence-corrected chi connectivity index (χ2v) is 7.02. The van der Waals surface area contributed by atoms with E-state index in [0.29, 0.717) is 5.56 Å². The summed E-state index contributed by atoms with van der Waals surface area (Å²) in [6.45, 7) is 0. The van der Waals surface area contributed by atoms with Crippen LogP contribution in [0, 0.1) is 0 Å². The Morgan fingerprint density at radius 2 is 1.63 bits per heavy atom. The Kier molecular flexibility index (Phi) is 4.44. The summed E-state index contributed by atoms with van der Waals surface area (Å²) < 4.78 is 7.08. The number of carbonyl (C=O) groups excluding carboxylic acids is 1. The molecule has 0 saturated carbocycles. The maximum absolute atomic E-state index is 13.5. The summed E-state index contributed by atoms with van der Waals surface area (Å²) in [7, 11) is 1.62. The van der Waals surface area contributed by atoms with Crippen LogP contribution in [0.2, 0.25) is 0 Å². The van der Waals surface area contributed by atoms with Gasteiger partial charge in [0.1, 0.15) is 11.9 Å². The molecule has 6 heteroatoms. The lowest BCUT2D eigenvalue weighted by molar-refractivity contribution is 0.0975. The molecule has 0 unspecified atom stereocenters. The van der Waals surface area contributed by atoms with Gasteiger partial charge < -0.3 is 10.1 Å². The number of aromatic nitrogens is 2. The van der Waals surface area contributed by atoms with Gasteiger partial charge in [0.15, 0.2) is 0 Å². The number of rotatable bonds is 4. The average molecular weight is 396 g/mol. The van der Waals surface area contributed by atoms with E-state index in [9.17, 15) is 4.79 Å². The molecule has 1 amide bonds. The van der Waals surface area contributed by atoms with Crippen LogP contribution in [0.3, 0.4) is 0 Å². The number of benzene rings is 3. The van der Waals surface area contributed by atoms with Crippen LogP contribution < -0.4 is 15.0 Å². The van der Waals surface area contributed by atoms with Gasteiger partial charge in [-0.15, -0.1) is 0 Å². The van der Waals surface area contributed by atoms with Crippen molar-refractivity contribution < 1.29 is 9.53 Å². The van der Waals surface area contributed by atoms with E-state index in [1.807, 2.05) is 89.7 Å². The molecular formula is C24H20N4O2. The Morgan fingerprint density at radius 3 is 2.40 bits per heavy atom. The highest BCUT2D eigenvalue weighted by atomic mass is 16.5.